The highest BCUT2D eigenvalue weighted by atomic mass is 35.5. The van der Waals surface area contributed by atoms with Crippen molar-refractivity contribution >= 4 is 29.1 Å². The van der Waals surface area contributed by atoms with Gasteiger partial charge in [-0.1, -0.05) is 11.6 Å². The first-order chi connectivity index (χ1) is 13.5. The molecule has 1 aliphatic rings. The van der Waals surface area contributed by atoms with Gasteiger partial charge in [-0.25, -0.2) is 0 Å². The van der Waals surface area contributed by atoms with Crippen molar-refractivity contribution in [3.8, 4) is 11.5 Å². The summed E-state index contributed by atoms with van der Waals surface area (Å²) in [6.45, 7) is 2.48. The number of hydrogen-bond donors (Lipinski definition) is 1. The van der Waals surface area contributed by atoms with Crippen LogP contribution in [0.3, 0.4) is 0 Å². The van der Waals surface area contributed by atoms with E-state index < -0.39 is 5.91 Å². The van der Waals surface area contributed by atoms with Crippen LogP contribution in [0.5, 0.6) is 11.5 Å². The number of carbonyl (C=O) groups excluding carboxylic acids is 2. The van der Waals surface area contributed by atoms with Gasteiger partial charge in [0.1, 0.15) is 11.5 Å². The maximum absolute atomic E-state index is 12.5. The number of piperazine rings is 1. The standard InChI is InChI=1S/C20H22ClN3O4/c1-27-16-5-3-15(4-6-16)23-8-10-24(11-9-23)19(25)13-28-18-7-2-14(21)12-17(18)20(22)26/h2-7,12H,8-11,13H2,1H3,(H2,22,26). The monoisotopic (exact) mass is 403 g/mol. The highest BCUT2D eigenvalue weighted by Gasteiger charge is 2.22. The lowest BCUT2D eigenvalue weighted by Gasteiger charge is -2.36. The van der Waals surface area contributed by atoms with E-state index in [1.54, 1.807) is 18.1 Å². The quantitative estimate of drug-likeness (QED) is 0.799. The number of benzene rings is 2. The molecule has 2 aromatic carbocycles. The lowest BCUT2D eigenvalue weighted by molar-refractivity contribution is -0.133. The molecule has 2 aromatic rings. The average molecular weight is 404 g/mol. The molecule has 0 spiro atoms. The number of nitrogens with zero attached hydrogens (tertiary/aromatic N) is 2. The van der Waals surface area contributed by atoms with E-state index in [2.05, 4.69) is 4.90 Å². The summed E-state index contributed by atoms with van der Waals surface area (Å²) in [7, 11) is 1.64. The van der Waals surface area contributed by atoms with Crippen LogP contribution in [0.15, 0.2) is 42.5 Å². The summed E-state index contributed by atoms with van der Waals surface area (Å²) in [5.74, 6) is 0.271. The second-order valence-corrected chi connectivity index (χ2v) is 6.80. The Labute approximate surface area is 168 Å². The van der Waals surface area contributed by atoms with Crippen molar-refractivity contribution in [2.75, 3.05) is 44.8 Å². The lowest BCUT2D eigenvalue weighted by atomic mass is 10.2. The average Bonchev–Trinajstić information content (AvgIpc) is 2.72. The van der Waals surface area contributed by atoms with Gasteiger partial charge >= 0.3 is 0 Å². The van der Waals surface area contributed by atoms with E-state index in [1.165, 1.54) is 12.1 Å². The van der Waals surface area contributed by atoms with Crippen LogP contribution in [-0.2, 0) is 4.79 Å². The van der Waals surface area contributed by atoms with Crippen LogP contribution < -0.4 is 20.1 Å². The Kier molecular flexibility index (Phi) is 6.26. The summed E-state index contributed by atoms with van der Waals surface area (Å²) in [6, 6.07) is 12.4. The Morgan fingerprint density at radius 2 is 1.75 bits per heavy atom. The largest absolute Gasteiger partial charge is 0.497 e. The molecule has 0 bridgehead atoms. The zero-order valence-electron chi connectivity index (χ0n) is 15.6. The van der Waals surface area contributed by atoms with E-state index in [-0.39, 0.29) is 23.8 Å². The zero-order valence-corrected chi connectivity index (χ0v) is 16.3. The number of primary amides is 1. The predicted molar refractivity (Wildman–Crippen MR) is 107 cm³/mol. The van der Waals surface area contributed by atoms with Crippen LogP contribution in [-0.4, -0.2) is 56.6 Å². The Morgan fingerprint density at radius 3 is 2.36 bits per heavy atom. The van der Waals surface area contributed by atoms with E-state index >= 15 is 0 Å². The van der Waals surface area contributed by atoms with E-state index in [4.69, 9.17) is 26.8 Å². The molecular weight excluding hydrogens is 382 g/mol. The molecule has 28 heavy (non-hydrogen) atoms. The lowest BCUT2D eigenvalue weighted by Crippen LogP contribution is -2.50. The Morgan fingerprint density at radius 1 is 1.07 bits per heavy atom. The molecule has 0 aromatic heterocycles. The summed E-state index contributed by atoms with van der Waals surface area (Å²) in [6.07, 6.45) is 0. The summed E-state index contributed by atoms with van der Waals surface area (Å²) in [5, 5.41) is 0.377. The highest BCUT2D eigenvalue weighted by molar-refractivity contribution is 6.31. The van der Waals surface area contributed by atoms with Gasteiger partial charge in [-0.05, 0) is 42.5 Å². The summed E-state index contributed by atoms with van der Waals surface area (Å²) >= 11 is 5.88. The molecule has 8 heteroatoms. The van der Waals surface area contributed by atoms with Crippen LogP contribution in [0.4, 0.5) is 5.69 Å². The number of ether oxygens (including phenoxy) is 2. The fourth-order valence-electron chi connectivity index (χ4n) is 3.06. The molecule has 2 amide bonds. The van der Waals surface area contributed by atoms with Gasteiger partial charge in [-0.3, -0.25) is 9.59 Å². The molecule has 1 aliphatic heterocycles. The van der Waals surface area contributed by atoms with Crippen molar-refractivity contribution in [2.24, 2.45) is 5.73 Å². The number of methoxy groups -OCH3 is 1. The SMILES string of the molecule is COc1ccc(N2CCN(C(=O)COc3ccc(Cl)cc3C(N)=O)CC2)cc1. The Balaban J connectivity index is 1.53. The first-order valence-corrected chi connectivity index (χ1v) is 9.24. The number of halogens is 1. The van der Waals surface area contributed by atoms with Crippen LogP contribution in [0.25, 0.3) is 0 Å². The number of amides is 2. The fraction of sp³-hybridized carbons (Fsp3) is 0.300. The second kappa shape index (κ2) is 8.84. The minimum atomic E-state index is -0.655. The summed E-state index contributed by atoms with van der Waals surface area (Å²) in [5.41, 5.74) is 6.59. The topological polar surface area (TPSA) is 85.1 Å². The summed E-state index contributed by atoms with van der Waals surface area (Å²) in [4.78, 5) is 27.9. The molecule has 2 N–H and O–H groups in total. The Bertz CT molecular complexity index is 849. The third-order valence-electron chi connectivity index (χ3n) is 4.63. The Hall–Kier alpha value is -2.93. The third kappa shape index (κ3) is 4.67. The molecule has 0 aliphatic carbocycles. The molecule has 148 valence electrons. The molecule has 0 radical (unpaired) electrons. The molecule has 3 rings (SSSR count). The normalized spacial score (nSPS) is 13.9. The number of anilines is 1. The van der Waals surface area contributed by atoms with Gasteiger partial charge in [0.25, 0.3) is 11.8 Å². The third-order valence-corrected chi connectivity index (χ3v) is 4.86. The molecule has 0 saturated carbocycles. The van der Waals surface area contributed by atoms with Crippen molar-refractivity contribution in [3.63, 3.8) is 0 Å². The molecule has 0 unspecified atom stereocenters. The van der Waals surface area contributed by atoms with Crippen molar-refractivity contribution in [1.82, 2.24) is 4.90 Å². The van der Waals surface area contributed by atoms with Crippen LogP contribution in [0.2, 0.25) is 5.02 Å². The number of carbonyl (C=O) groups is 2. The van der Waals surface area contributed by atoms with E-state index in [0.29, 0.717) is 18.1 Å². The number of rotatable bonds is 6. The molecule has 1 saturated heterocycles. The van der Waals surface area contributed by atoms with E-state index in [9.17, 15) is 9.59 Å². The van der Waals surface area contributed by atoms with Crippen LogP contribution in [0.1, 0.15) is 10.4 Å². The van der Waals surface area contributed by atoms with Gasteiger partial charge < -0.3 is 25.0 Å². The van der Waals surface area contributed by atoms with Crippen molar-refractivity contribution in [3.05, 3.63) is 53.1 Å². The molecule has 1 fully saturated rings. The van der Waals surface area contributed by atoms with Gasteiger partial charge in [-0.15, -0.1) is 0 Å². The second-order valence-electron chi connectivity index (χ2n) is 6.36. The minimum Gasteiger partial charge on any atom is -0.497 e. The first-order valence-electron chi connectivity index (χ1n) is 8.87. The molecule has 1 heterocycles. The predicted octanol–water partition coefficient (Wildman–Crippen LogP) is 2.18. The maximum atomic E-state index is 12.5. The van der Waals surface area contributed by atoms with Gasteiger partial charge in [0.05, 0.1) is 12.7 Å². The molecular formula is C20H22ClN3O4. The first kappa shape index (κ1) is 19.8. The van der Waals surface area contributed by atoms with E-state index in [1.807, 2.05) is 24.3 Å². The fourth-order valence-corrected chi connectivity index (χ4v) is 3.23. The van der Waals surface area contributed by atoms with Crippen molar-refractivity contribution in [2.45, 2.75) is 0 Å². The molecule has 7 nitrogen and oxygen atoms in total. The van der Waals surface area contributed by atoms with Gasteiger partial charge in [0, 0.05) is 36.9 Å². The minimum absolute atomic E-state index is 0.139. The smallest absolute Gasteiger partial charge is 0.260 e. The van der Waals surface area contributed by atoms with Crippen molar-refractivity contribution in [1.29, 1.82) is 0 Å². The van der Waals surface area contributed by atoms with Crippen LogP contribution >= 0.6 is 11.6 Å². The molecule has 0 atom stereocenters. The number of nitrogens with two attached hydrogens (primary N) is 1. The highest BCUT2D eigenvalue weighted by Crippen LogP contribution is 2.23. The van der Waals surface area contributed by atoms with Gasteiger partial charge in [0.15, 0.2) is 6.61 Å². The maximum Gasteiger partial charge on any atom is 0.260 e. The van der Waals surface area contributed by atoms with Crippen molar-refractivity contribution < 1.29 is 19.1 Å². The van der Waals surface area contributed by atoms with E-state index in [0.717, 1.165) is 24.5 Å². The van der Waals surface area contributed by atoms with Crippen LogP contribution in [0, 0.1) is 0 Å². The summed E-state index contributed by atoms with van der Waals surface area (Å²) < 4.78 is 10.7. The van der Waals surface area contributed by atoms with Gasteiger partial charge in [0.2, 0.25) is 0 Å². The zero-order chi connectivity index (χ0) is 20.1. The number of hydrogen-bond acceptors (Lipinski definition) is 5. The van der Waals surface area contributed by atoms with Gasteiger partial charge in [-0.2, -0.15) is 0 Å².